The van der Waals surface area contributed by atoms with Crippen LogP contribution in [0.2, 0.25) is 0 Å². The number of hydrogen-bond donors (Lipinski definition) is 1. The molecule has 2 saturated carbocycles. The number of esters is 1. The molecule has 0 spiro atoms. The fourth-order valence-corrected chi connectivity index (χ4v) is 4.03. The Kier molecular flexibility index (Phi) is 4.97. The number of benzene rings is 1. The van der Waals surface area contributed by atoms with E-state index < -0.39 is 0 Å². The first-order valence-electron chi connectivity index (χ1n) is 8.57. The highest BCUT2D eigenvalue weighted by Crippen LogP contribution is 2.49. The Hall–Kier alpha value is -2.17. The van der Waals surface area contributed by atoms with Gasteiger partial charge in [-0.1, -0.05) is 6.42 Å². The Morgan fingerprint density at radius 1 is 1.12 bits per heavy atom. The molecular weight excluding hydrogens is 306 g/mol. The minimum absolute atomic E-state index is 0.0255. The summed E-state index contributed by atoms with van der Waals surface area (Å²) in [5.74, 6) is 1.24. The summed E-state index contributed by atoms with van der Waals surface area (Å²) in [6.07, 6.45) is 5.37. The normalized spacial score (nSPS) is 24.6. The molecular formula is C19H23NO4. The molecule has 128 valence electrons. The molecule has 0 unspecified atom stereocenters. The van der Waals surface area contributed by atoms with Gasteiger partial charge in [0.25, 0.3) is 5.91 Å². The van der Waals surface area contributed by atoms with Gasteiger partial charge in [0, 0.05) is 17.7 Å². The van der Waals surface area contributed by atoms with Gasteiger partial charge in [-0.15, -0.1) is 0 Å². The molecule has 5 heteroatoms. The number of amides is 1. The summed E-state index contributed by atoms with van der Waals surface area (Å²) in [6, 6.07) is 6.62. The smallest absolute Gasteiger partial charge is 0.306 e. The van der Waals surface area contributed by atoms with Crippen molar-refractivity contribution in [2.24, 2.45) is 17.8 Å². The van der Waals surface area contributed by atoms with Crippen molar-refractivity contribution in [3.63, 3.8) is 0 Å². The van der Waals surface area contributed by atoms with E-state index in [-0.39, 0.29) is 24.3 Å². The standard InChI is InChI=1S/C19H23NO4/c1-12(21)14-4-6-17(7-5-14)20-18(22)11-24-19(23)10-16-9-13-2-3-15(16)8-13/h4-7,13,15-16H,2-3,8-11H2,1H3,(H,20,22)/t13-,15-,16-/m0/s1. The largest absolute Gasteiger partial charge is 0.456 e. The number of nitrogens with one attached hydrogen (secondary N) is 1. The van der Waals surface area contributed by atoms with E-state index in [4.69, 9.17) is 4.74 Å². The maximum absolute atomic E-state index is 11.9. The van der Waals surface area contributed by atoms with Crippen molar-refractivity contribution in [1.29, 1.82) is 0 Å². The number of hydrogen-bond acceptors (Lipinski definition) is 4. The molecule has 0 aromatic heterocycles. The predicted molar refractivity (Wildman–Crippen MR) is 89.6 cm³/mol. The summed E-state index contributed by atoms with van der Waals surface area (Å²) in [7, 11) is 0. The topological polar surface area (TPSA) is 72.5 Å². The maximum atomic E-state index is 11.9. The summed E-state index contributed by atoms with van der Waals surface area (Å²) < 4.78 is 5.10. The van der Waals surface area contributed by atoms with E-state index >= 15 is 0 Å². The summed E-state index contributed by atoms with van der Waals surface area (Å²) >= 11 is 0. The van der Waals surface area contributed by atoms with Crippen LogP contribution in [0.5, 0.6) is 0 Å². The van der Waals surface area contributed by atoms with E-state index in [2.05, 4.69) is 5.32 Å². The first-order chi connectivity index (χ1) is 11.5. The molecule has 1 aromatic carbocycles. The van der Waals surface area contributed by atoms with Crippen LogP contribution in [0, 0.1) is 17.8 Å². The summed E-state index contributed by atoms with van der Waals surface area (Å²) in [4.78, 5) is 35.0. The Balaban J connectivity index is 1.40. The second kappa shape index (κ2) is 7.16. The second-order valence-corrected chi connectivity index (χ2v) is 6.98. The van der Waals surface area contributed by atoms with Crippen LogP contribution in [0.4, 0.5) is 5.69 Å². The van der Waals surface area contributed by atoms with Crippen molar-refractivity contribution in [2.75, 3.05) is 11.9 Å². The van der Waals surface area contributed by atoms with Crippen LogP contribution in [0.25, 0.3) is 0 Å². The van der Waals surface area contributed by atoms with Crippen LogP contribution in [0.3, 0.4) is 0 Å². The SMILES string of the molecule is CC(=O)c1ccc(NC(=O)COC(=O)C[C@@H]2C[C@H]3CC[C@H]2C3)cc1. The van der Waals surface area contributed by atoms with Gasteiger partial charge in [0.05, 0.1) is 0 Å². The predicted octanol–water partition coefficient (Wildman–Crippen LogP) is 3.20. The van der Waals surface area contributed by atoms with Crippen molar-refractivity contribution in [2.45, 2.75) is 39.0 Å². The minimum atomic E-state index is -0.369. The van der Waals surface area contributed by atoms with E-state index in [0.29, 0.717) is 29.5 Å². The highest BCUT2D eigenvalue weighted by atomic mass is 16.5. The first-order valence-corrected chi connectivity index (χ1v) is 8.57. The lowest BCUT2D eigenvalue weighted by Crippen LogP contribution is -2.23. The van der Waals surface area contributed by atoms with Crippen LogP contribution in [-0.2, 0) is 14.3 Å². The van der Waals surface area contributed by atoms with Gasteiger partial charge in [-0.3, -0.25) is 14.4 Å². The second-order valence-electron chi connectivity index (χ2n) is 6.98. The van der Waals surface area contributed by atoms with E-state index in [1.165, 1.54) is 26.2 Å². The number of fused-ring (bicyclic) bond motifs is 2. The number of ether oxygens (including phenoxy) is 1. The van der Waals surface area contributed by atoms with Gasteiger partial charge in [-0.2, -0.15) is 0 Å². The number of anilines is 1. The lowest BCUT2D eigenvalue weighted by Gasteiger charge is -2.20. The van der Waals surface area contributed by atoms with Gasteiger partial charge in [0.1, 0.15) is 0 Å². The molecule has 2 fully saturated rings. The zero-order valence-corrected chi connectivity index (χ0v) is 13.9. The van der Waals surface area contributed by atoms with Crippen LogP contribution in [-0.4, -0.2) is 24.3 Å². The van der Waals surface area contributed by atoms with Crippen LogP contribution < -0.4 is 5.32 Å². The van der Waals surface area contributed by atoms with Gasteiger partial charge in [0.2, 0.25) is 0 Å². The third-order valence-corrected chi connectivity index (χ3v) is 5.25. The summed E-state index contributed by atoms with van der Waals surface area (Å²) in [5.41, 5.74) is 1.17. The molecule has 3 atom stereocenters. The molecule has 24 heavy (non-hydrogen) atoms. The van der Waals surface area contributed by atoms with Gasteiger partial charge in [-0.25, -0.2) is 0 Å². The van der Waals surface area contributed by atoms with Crippen molar-refractivity contribution in [3.8, 4) is 0 Å². The molecule has 0 saturated heterocycles. The number of Topliss-reactive ketones (excluding diaryl/α,β-unsaturated/α-hetero) is 1. The lowest BCUT2D eigenvalue weighted by atomic mass is 9.86. The van der Waals surface area contributed by atoms with E-state index in [1.54, 1.807) is 24.3 Å². The fourth-order valence-electron chi connectivity index (χ4n) is 4.03. The van der Waals surface area contributed by atoms with Crippen LogP contribution >= 0.6 is 0 Å². The zero-order valence-electron chi connectivity index (χ0n) is 13.9. The highest BCUT2D eigenvalue weighted by Gasteiger charge is 2.40. The van der Waals surface area contributed by atoms with Crippen molar-refractivity contribution < 1.29 is 19.1 Å². The molecule has 0 radical (unpaired) electrons. The zero-order chi connectivity index (χ0) is 17.1. The minimum Gasteiger partial charge on any atom is -0.456 e. The third kappa shape index (κ3) is 4.02. The van der Waals surface area contributed by atoms with Crippen LogP contribution in [0.15, 0.2) is 24.3 Å². The Morgan fingerprint density at radius 3 is 2.46 bits per heavy atom. The molecule has 5 nitrogen and oxygen atoms in total. The first kappa shape index (κ1) is 16.7. The molecule has 2 aliphatic rings. The molecule has 1 aromatic rings. The van der Waals surface area contributed by atoms with Gasteiger partial charge >= 0.3 is 5.97 Å². The number of ketones is 1. The van der Waals surface area contributed by atoms with E-state index in [1.807, 2.05) is 0 Å². The molecule has 2 bridgehead atoms. The van der Waals surface area contributed by atoms with Crippen molar-refractivity contribution >= 4 is 23.3 Å². The molecule has 1 amide bonds. The number of rotatable bonds is 6. The quantitative estimate of drug-likeness (QED) is 0.642. The molecule has 1 N–H and O–H groups in total. The van der Waals surface area contributed by atoms with Crippen molar-refractivity contribution in [1.82, 2.24) is 0 Å². The lowest BCUT2D eigenvalue weighted by molar-refractivity contribution is -0.148. The number of carbonyl (C=O) groups is 3. The maximum Gasteiger partial charge on any atom is 0.306 e. The highest BCUT2D eigenvalue weighted by molar-refractivity contribution is 5.96. The molecule has 0 aliphatic heterocycles. The Morgan fingerprint density at radius 2 is 1.88 bits per heavy atom. The number of carbonyl (C=O) groups excluding carboxylic acids is 3. The summed E-state index contributed by atoms with van der Waals surface area (Å²) in [5, 5.41) is 2.66. The van der Waals surface area contributed by atoms with E-state index in [9.17, 15) is 14.4 Å². The molecule has 3 rings (SSSR count). The Bertz CT molecular complexity index is 637. The average molecular weight is 329 g/mol. The monoisotopic (exact) mass is 329 g/mol. The van der Waals surface area contributed by atoms with Gasteiger partial charge < -0.3 is 10.1 Å². The van der Waals surface area contributed by atoms with Gasteiger partial charge in [0.15, 0.2) is 12.4 Å². The van der Waals surface area contributed by atoms with Crippen LogP contribution in [0.1, 0.15) is 49.4 Å². The summed E-state index contributed by atoms with van der Waals surface area (Å²) in [6.45, 7) is 1.22. The molecule has 2 aliphatic carbocycles. The van der Waals surface area contributed by atoms with E-state index in [0.717, 1.165) is 12.3 Å². The molecule has 0 heterocycles. The average Bonchev–Trinajstić information content (AvgIpc) is 3.16. The fraction of sp³-hybridized carbons (Fsp3) is 0.526. The Labute approximate surface area is 141 Å². The third-order valence-electron chi connectivity index (χ3n) is 5.25. The van der Waals surface area contributed by atoms with Gasteiger partial charge in [-0.05, 0) is 68.2 Å². The van der Waals surface area contributed by atoms with Crippen molar-refractivity contribution in [3.05, 3.63) is 29.8 Å².